The molecule has 0 aromatic heterocycles. The van der Waals surface area contributed by atoms with Crippen LogP contribution in [-0.2, 0) is 6.54 Å². The van der Waals surface area contributed by atoms with Gasteiger partial charge in [-0.05, 0) is 35.4 Å². The van der Waals surface area contributed by atoms with E-state index in [9.17, 15) is 0 Å². The van der Waals surface area contributed by atoms with Gasteiger partial charge in [0.15, 0.2) is 0 Å². The van der Waals surface area contributed by atoms with E-state index in [1.807, 2.05) is 0 Å². The number of hydrogen-bond donors (Lipinski definition) is 0. The number of benzene rings is 3. The van der Waals surface area contributed by atoms with Crippen molar-refractivity contribution in [2.24, 2.45) is 0 Å². The molecule has 0 spiro atoms. The lowest BCUT2D eigenvalue weighted by molar-refractivity contribution is 0.261. The van der Waals surface area contributed by atoms with Crippen LogP contribution in [0.3, 0.4) is 0 Å². The molecule has 128 valence electrons. The van der Waals surface area contributed by atoms with E-state index in [1.165, 1.54) is 28.3 Å². The largest absolute Gasteiger partial charge is 0.496 e. The van der Waals surface area contributed by atoms with Gasteiger partial charge in [0.2, 0.25) is 0 Å². The van der Waals surface area contributed by atoms with Gasteiger partial charge in [-0.25, -0.2) is 0 Å². The predicted octanol–water partition coefficient (Wildman–Crippen LogP) is 5.23. The third-order valence-corrected chi connectivity index (χ3v) is 5.44. The SMILES string of the molecule is CCN(Cc1c(OC)ccc2ccccc12)C1CC1c1ccccc1. The minimum Gasteiger partial charge on any atom is -0.496 e. The molecule has 1 aliphatic rings. The summed E-state index contributed by atoms with van der Waals surface area (Å²) in [6.07, 6.45) is 1.25. The molecule has 0 saturated heterocycles. The average molecular weight is 331 g/mol. The number of hydrogen-bond acceptors (Lipinski definition) is 2. The van der Waals surface area contributed by atoms with Crippen LogP contribution >= 0.6 is 0 Å². The molecule has 2 unspecified atom stereocenters. The third kappa shape index (κ3) is 3.14. The van der Waals surface area contributed by atoms with E-state index < -0.39 is 0 Å². The lowest BCUT2D eigenvalue weighted by atomic mass is 10.0. The molecular formula is C23H25NO. The number of methoxy groups -OCH3 is 1. The van der Waals surface area contributed by atoms with Crippen LogP contribution in [0.15, 0.2) is 66.7 Å². The van der Waals surface area contributed by atoms with Crippen LogP contribution in [0.1, 0.15) is 30.4 Å². The van der Waals surface area contributed by atoms with E-state index in [0.717, 1.165) is 18.8 Å². The summed E-state index contributed by atoms with van der Waals surface area (Å²) in [6, 6.07) is 24.4. The molecule has 2 nitrogen and oxygen atoms in total. The third-order valence-electron chi connectivity index (χ3n) is 5.44. The van der Waals surface area contributed by atoms with Crippen molar-refractivity contribution >= 4 is 10.8 Å². The molecule has 1 fully saturated rings. The first-order chi connectivity index (χ1) is 12.3. The number of rotatable bonds is 6. The van der Waals surface area contributed by atoms with Gasteiger partial charge in [0.05, 0.1) is 7.11 Å². The van der Waals surface area contributed by atoms with Crippen molar-refractivity contribution in [1.82, 2.24) is 4.90 Å². The van der Waals surface area contributed by atoms with Gasteiger partial charge in [-0.3, -0.25) is 4.90 Å². The summed E-state index contributed by atoms with van der Waals surface area (Å²) in [7, 11) is 1.77. The Morgan fingerprint density at radius 2 is 1.72 bits per heavy atom. The molecule has 0 amide bonds. The number of nitrogens with zero attached hydrogens (tertiary/aromatic N) is 1. The summed E-state index contributed by atoms with van der Waals surface area (Å²) < 4.78 is 5.68. The first kappa shape index (κ1) is 16.2. The van der Waals surface area contributed by atoms with Crippen molar-refractivity contribution in [3.8, 4) is 5.75 Å². The highest BCUT2D eigenvalue weighted by Crippen LogP contribution is 2.45. The van der Waals surface area contributed by atoms with Crippen LogP contribution in [0, 0.1) is 0 Å². The molecule has 0 N–H and O–H groups in total. The minimum atomic E-state index is 0.635. The van der Waals surface area contributed by atoms with Crippen molar-refractivity contribution in [3.05, 3.63) is 77.9 Å². The molecule has 2 atom stereocenters. The molecule has 1 saturated carbocycles. The zero-order chi connectivity index (χ0) is 17.2. The molecule has 4 rings (SSSR count). The highest BCUT2D eigenvalue weighted by Gasteiger charge is 2.42. The Balaban J connectivity index is 1.62. The molecule has 0 heterocycles. The Morgan fingerprint density at radius 3 is 2.48 bits per heavy atom. The maximum atomic E-state index is 5.68. The highest BCUT2D eigenvalue weighted by molar-refractivity contribution is 5.87. The molecule has 1 aliphatic carbocycles. The highest BCUT2D eigenvalue weighted by atomic mass is 16.5. The topological polar surface area (TPSA) is 12.5 Å². The van der Waals surface area contributed by atoms with Gasteiger partial charge in [-0.2, -0.15) is 0 Å². The lowest BCUT2D eigenvalue weighted by Crippen LogP contribution is -2.26. The van der Waals surface area contributed by atoms with Gasteiger partial charge >= 0.3 is 0 Å². The average Bonchev–Trinajstić information content (AvgIpc) is 3.47. The maximum absolute atomic E-state index is 5.68. The van der Waals surface area contributed by atoms with Crippen LogP contribution in [0.5, 0.6) is 5.75 Å². The van der Waals surface area contributed by atoms with Gasteiger partial charge in [-0.1, -0.05) is 67.6 Å². The molecule has 25 heavy (non-hydrogen) atoms. The summed E-state index contributed by atoms with van der Waals surface area (Å²) in [5.74, 6) is 1.66. The van der Waals surface area contributed by atoms with Crippen molar-refractivity contribution in [1.29, 1.82) is 0 Å². The zero-order valence-electron chi connectivity index (χ0n) is 15.0. The maximum Gasteiger partial charge on any atom is 0.123 e. The number of ether oxygens (including phenoxy) is 1. The Bertz CT molecular complexity index is 858. The van der Waals surface area contributed by atoms with Crippen LogP contribution in [0.4, 0.5) is 0 Å². The Labute approximate surface area is 150 Å². The molecule has 2 heteroatoms. The molecule has 0 bridgehead atoms. The standard InChI is InChI=1S/C23H25NO/c1-3-24(22-15-20(22)17-9-5-4-6-10-17)16-21-19-12-8-7-11-18(19)13-14-23(21)25-2/h4-14,20,22H,3,15-16H2,1-2H3. The molecule has 0 radical (unpaired) electrons. The predicted molar refractivity (Wildman–Crippen MR) is 104 cm³/mol. The normalized spacial score (nSPS) is 19.3. The fraction of sp³-hybridized carbons (Fsp3) is 0.304. The van der Waals surface area contributed by atoms with Gasteiger partial charge in [-0.15, -0.1) is 0 Å². The molecule has 3 aromatic carbocycles. The van der Waals surface area contributed by atoms with Gasteiger partial charge in [0.1, 0.15) is 5.75 Å². The van der Waals surface area contributed by atoms with Crippen molar-refractivity contribution in [3.63, 3.8) is 0 Å². The van der Waals surface area contributed by atoms with Gasteiger partial charge in [0.25, 0.3) is 0 Å². The lowest BCUT2D eigenvalue weighted by Gasteiger charge is -2.23. The Kier molecular flexibility index (Phi) is 4.46. The summed E-state index contributed by atoms with van der Waals surface area (Å²) in [5, 5.41) is 2.59. The fourth-order valence-electron chi connectivity index (χ4n) is 3.98. The zero-order valence-corrected chi connectivity index (χ0v) is 15.0. The molecule has 0 aliphatic heterocycles. The van der Waals surface area contributed by atoms with Crippen LogP contribution in [0.2, 0.25) is 0 Å². The van der Waals surface area contributed by atoms with E-state index in [2.05, 4.69) is 78.6 Å². The summed E-state index contributed by atoms with van der Waals surface area (Å²) in [5.41, 5.74) is 2.77. The smallest absolute Gasteiger partial charge is 0.123 e. The first-order valence-electron chi connectivity index (χ1n) is 9.15. The number of likely N-dealkylation sites (N-methyl/N-ethyl adjacent to an activating group) is 1. The van der Waals surface area contributed by atoms with Crippen LogP contribution in [-0.4, -0.2) is 24.6 Å². The first-order valence-corrected chi connectivity index (χ1v) is 9.15. The van der Waals surface area contributed by atoms with E-state index in [4.69, 9.17) is 4.74 Å². The second-order valence-corrected chi connectivity index (χ2v) is 6.85. The summed E-state index contributed by atoms with van der Waals surface area (Å²) >= 11 is 0. The molecule has 3 aromatic rings. The molecular weight excluding hydrogens is 306 g/mol. The monoisotopic (exact) mass is 331 g/mol. The van der Waals surface area contributed by atoms with E-state index in [-0.39, 0.29) is 0 Å². The van der Waals surface area contributed by atoms with Crippen LogP contribution < -0.4 is 4.74 Å². The quantitative estimate of drug-likeness (QED) is 0.613. The minimum absolute atomic E-state index is 0.635. The summed E-state index contributed by atoms with van der Waals surface area (Å²) in [6.45, 7) is 4.26. The van der Waals surface area contributed by atoms with E-state index >= 15 is 0 Å². The van der Waals surface area contributed by atoms with Crippen molar-refractivity contribution in [2.75, 3.05) is 13.7 Å². The number of fused-ring (bicyclic) bond motifs is 1. The second-order valence-electron chi connectivity index (χ2n) is 6.85. The van der Waals surface area contributed by atoms with Gasteiger partial charge < -0.3 is 4.74 Å². The summed E-state index contributed by atoms with van der Waals surface area (Å²) in [4.78, 5) is 2.60. The van der Waals surface area contributed by atoms with Crippen molar-refractivity contribution in [2.45, 2.75) is 31.8 Å². The van der Waals surface area contributed by atoms with Crippen molar-refractivity contribution < 1.29 is 4.74 Å². The van der Waals surface area contributed by atoms with Crippen LogP contribution in [0.25, 0.3) is 10.8 Å². The second kappa shape index (κ2) is 6.89. The van der Waals surface area contributed by atoms with Gasteiger partial charge in [0, 0.05) is 24.1 Å². The van der Waals surface area contributed by atoms with E-state index in [0.29, 0.717) is 12.0 Å². The Hall–Kier alpha value is -2.32. The fourth-order valence-corrected chi connectivity index (χ4v) is 3.98. The van der Waals surface area contributed by atoms with E-state index in [1.54, 1.807) is 7.11 Å². The Morgan fingerprint density at radius 1 is 0.960 bits per heavy atom.